The Kier molecular flexibility index (Phi) is 5.56. The van der Waals surface area contributed by atoms with Crippen molar-refractivity contribution in [1.29, 1.82) is 0 Å². The molecule has 1 atom stereocenters. The first kappa shape index (κ1) is 17.9. The first-order chi connectivity index (χ1) is 11.3. The number of amides is 1. The summed E-state index contributed by atoms with van der Waals surface area (Å²) in [6.45, 7) is -0.461. The van der Waals surface area contributed by atoms with Crippen LogP contribution < -0.4 is 5.32 Å². The largest absolute Gasteiger partial charge is 0.417 e. The van der Waals surface area contributed by atoms with E-state index in [0.29, 0.717) is 5.56 Å². The minimum Gasteiger partial charge on any atom is -0.394 e. The van der Waals surface area contributed by atoms with E-state index in [1.165, 1.54) is 36.4 Å². The van der Waals surface area contributed by atoms with Gasteiger partial charge in [-0.2, -0.15) is 13.2 Å². The molecule has 0 aliphatic carbocycles. The van der Waals surface area contributed by atoms with Gasteiger partial charge in [0, 0.05) is 0 Å². The Labute approximate surface area is 135 Å². The molecule has 0 saturated carbocycles. The van der Waals surface area contributed by atoms with Gasteiger partial charge in [0.15, 0.2) is 0 Å². The molecule has 0 heterocycles. The van der Waals surface area contributed by atoms with Crippen molar-refractivity contribution in [2.45, 2.75) is 18.6 Å². The standard InChI is InChI=1S/C17H15F4NO2/c18-12-7-5-11(6-8-12)9-13(10-23)22-16(24)14-3-1-2-4-15(14)17(19,20)21/h1-8,13,23H,9-10H2,(H,22,24)/t13-/m0/s1. The molecule has 2 aromatic rings. The van der Waals surface area contributed by atoms with E-state index in [0.717, 1.165) is 12.1 Å². The van der Waals surface area contributed by atoms with E-state index < -0.39 is 41.7 Å². The van der Waals surface area contributed by atoms with Gasteiger partial charge in [0.2, 0.25) is 0 Å². The Morgan fingerprint density at radius 3 is 2.29 bits per heavy atom. The maximum absolute atomic E-state index is 12.9. The van der Waals surface area contributed by atoms with Crippen LogP contribution in [0.5, 0.6) is 0 Å². The summed E-state index contributed by atoms with van der Waals surface area (Å²) in [5, 5.41) is 11.7. The highest BCUT2D eigenvalue weighted by atomic mass is 19.4. The van der Waals surface area contributed by atoms with E-state index in [1.54, 1.807) is 0 Å². The molecule has 0 unspecified atom stereocenters. The molecule has 7 heteroatoms. The predicted octanol–water partition coefficient (Wildman–Crippen LogP) is 3.18. The van der Waals surface area contributed by atoms with Crippen molar-refractivity contribution in [2.24, 2.45) is 0 Å². The number of rotatable bonds is 5. The van der Waals surface area contributed by atoms with Crippen molar-refractivity contribution < 1.29 is 27.5 Å². The summed E-state index contributed by atoms with van der Waals surface area (Å²) in [7, 11) is 0. The Hall–Kier alpha value is -2.41. The van der Waals surface area contributed by atoms with E-state index >= 15 is 0 Å². The molecule has 24 heavy (non-hydrogen) atoms. The summed E-state index contributed by atoms with van der Waals surface area (Å²) in [4.78, 5) is 12.1. The molecule has 0 radical (unpaired) electrons. The normalized spacial score (nSPS) is 12.7. The van der Waals surface area contributed by atoms with Gasteiger partial charge in [0.1, 0.15) is 5.82 Å². The quantitative estimate of drug-likeness (QED) is 0.821. The van der Waals surface area contributed by atoms with Crippen LogP contribution in [-0.4, -0.2) is 23.7 Å². The molecule has 3 nitrogen and oxygen atoms in total. The first-order valence-electron chi connectivity index (χ1n) is 7.13. The zero-order chi connectivity index (χ0) is 17.7. The monoisotopic (exact) mass is 341 g/mol. The number of carbonyl (C=O) groups is 1. The maximum Gasteiger partial charge on any atom is 0.417 e. The lowest BCUT2D eigenvalue weighted by atomic mass is 10.0. The van der Waals surface area contributed by atoms with Gasteiger partial charge >= 0.3 is 6.18 Å². The van der Waals surface area contributed by atoms with Gasteiger partial charge in [-0.05, 0) is 36.2 Å². The van der Waals surface area contributed by atoms with Crippen molar-refractivity contribution in [1.82, 2.24) is 5.32 Å². The van der Waals surface area contributed by atoms with Gasteiger partial charge in [-0.15, -0.1) is 0 Å². The molecular formula is C17H15F4NO2. The molecule has 0 aliphatic rings. The number of alkyl halides is 3. The number of aliphatic hydroxyl groups excluding tert-OH is 1. The van der Waals surface area contributed by atoms with Crippen LogP contribution >= 0.6 is 0 Å². The Bertz CT molecular complexity index is 698. The Balaban J connectivity index is 2.14. The topological polar surface area (TPSA) is 49.3 Å². The molecule has 0 spiro atoms. The number of aliphatic hydroxyl groups is 1. The molecule has 0 aliphatic heterocycles. The lowest BCUT2D eigenvalue weighted by Gasteiger charge is -2.18. The van der Waals surface area contributed by atoms with Gasteiger partial charge in [0.25, 0.3) is 5.91 Å². The van der Waals surface area contributed by atoms with Crippen LogP contribution in [0.3, 0.4) is 0 Å². The van der Waals surface area contributed by atoms with Crippen LogP contribution in [0, 0.1) is 5.82 Å². The zero-order valence-electron chi connectivity index (χ0n) is 12.5. The molecule has 0 saturated heterocycles. The van der Waals surface area contributed by atoms with Crippen LogP contribution in [0.15, 0.2) is 48.5 Å². The minimum absolute atomic E-state index is 0.163. The summed E-state index contributed by atoms with van der Waals surface area (Å²) in [6, 6.07) is 9.05. The molecule has 0 aromatic heterocycles. The van der Waals surface area contributed by atoms with Crippen molar-refractivity contribution in [3.8, 4) is 0 Å². The highest BCUT2D eigenvalue weighted by Crippen LogP contribution is 2.31. The summed E-state index contributed by atoms with van der Waals surface area (Å²) in [5.41, 5.74) is -0.914. The number of carbonyl (C=O) groups excluding carboxylic acids is 1. The third kappa shape index (κ3) is 4.55. The van der Waals surface area contributed by atoms with Crippen molar-refractivity contribution in [2.75, 3.05) is 6.61 Å². The smallest absolute Gasteiger partial charge is 0.394 e. The first-order valence-corrected chi connectivity index (χ1v) is 7.13. The molecule has 1 amide bonds. The SMILES string of the molecule is O=C(N[C@H](CO)Cc1ccc(F)cc1)c1ccccc1C(F)(F)F. The highest BCUT2D eigenvalue weighted by molar-refractivity contribution is 5.96. The summed E-state index contributed by atoms with van der Waals surface area (Å²) in [5.74, 6) is -1.36. The molecule has 2 N–H and O–H groups in total. The molecule has 2 rings (SSSR count). The van der Waals surface area contributed by atoms with E-state index in [9.17, 15) is 27.5 Å². The fourth-order valence-corrected chi connectivity index (χ4v) is 2.26. The molecule has 0 fully saturated rings. The fraction of sp³-hybridized carbons (Fsp3) is 0.235. The zero-order valence-corrected chi connectivity index (χ0v) is 12.5. The van der Waals surface area contributed by atoms with E-state index in [-0.39, 0.29) is 6.42 Å². The van der Waals surface area contributed by atoms with Crippen LogP contribution in [0.1, 0.15) is 21.5 Å². The van der Waals surface area contributed by atoms with Crippen molar-refractivity contribution >= 4 is 5.91 Å². The molecule has 2 aromatic carbocycles. The Morgan fingerprint density at radius 2 is 1.71 bits per heavy atom. The maximum atomic E-state index is 12.9. The molecule has 128 valence electrons. The highest BCUT2D eigenvalue weighted by Gasteiger charge is 2.35. The summed E-state index contributed by atoms with van der Waals surface area (Å²) >= 11 is 0. The number of benzene rings is 2. The average Bonchev–Trinajstić information content (AvgIpc) is 2.55. The van der Waals surface area contributed by atoms with Crippen LogP contribution in [-0.2, 0) is 12.6 Å². The lowest BCUT2D eigenvalue weighted by molar-refractivity contribution is -0.137. The van der Waals surface area contributed by atoms with Crippen molar-refractivity contribution in [3.05, 3.63) is 71.0 Å². The number of hydrogen-bond donors (Lipinski definition) is 2. The molecule has 0 bridgehead atoms. The average molecular weight is 341 g/mol. The van der Waals surface area contributed by atoms with Gasteiger partial charge in [-0.1, -0.05) is 24.3 Å². The van der Waals surface area contributed by atoms with Crippen LogP contribution in [0.25, 0.3) is 0 Å². The van der Waals surface area contributed by atoms with Crippen LogP contribution in [0.2, 0.25) is 0 Å². The summed E-state index contributed by atoms with van der Waals surface area (Å²) in [6.07, 6.45) is -4.49. The number of halogens is 4. The Morgan fingerprint density at radius 1 is 1.08 bits per heavy atom. The van der Waals surface area contributed by atoms with E-state index in [2.05, 4.69) is 5.32 Å². The summed E-state index contributed by atoms with van der Waals surface area (Å²) < 4.78 is 51.7. The second kappa shape index (κ2) is 7.44. The van der Waals surface area contributed by atoms with E-state index in [1.807, 2.05) is 0 Å². The second-order valence-electron chi connectivity index (χ2n) is 5.23. The number of hydrogen-bond acceptors (Lipinski definition) is 2. The van der Waals surface area contributed by atoms with Gasteiger partial charge < -0.3 is 10.4 Å². The van der Waals surface area contributed by atoms with Gasteiger partial charge in [0.05, 0.1) is 23.8 Å². The number of nitrogens with one attached hydrogen (secondary N) is 1. The fourth-order valence-electron chi connectivity index (χ4n) is 2.26. The third-order valence-electron chi connectivity index (χ3n) is 3.43. The lowest BCUT2D eigenvalue weighted by Crippen LogP contribution is -2.39. The third-order valence-corrected chi connectivity index (χ3v) is 3.43. The minimum atomic E-state index is -4.65. The van der Waals surface area contributed by atoms with Crippen LogP contribution in [0.4, 0.5) is 17.6 Å². The molecular weight excluding hydrogens is 326 g/mol. The van der Waals surface area contributed by atoms with E-state index in [4.69, 9.17) is 0 Å². The van der Waals surface area contributed by atoms with Crippen molar-refractivity contribution in [3.63, 3.8) is 0 Å². The van der Waals surface area contributed by atoms with Gasteiger partial charge in [-0.3, -0.25) is 4.79 Å². The van der Waals surface area contributed by atoms with Gasteiger partial charge in [-0.25, -0.2) is 4.39 Å². The second-order valence-corrected chi connectivity index (χ2v) is 5.23. The predicted molar refractivity (Wildman–Crippen MR) is 79.9 cm³/mol.